The molecule has 1 saturated heterocycles. The Kier molecular flexibility index (Phi) is 8.05. The highest BCUT2D eigenvalue weighted by molar-refractivity contribution is 5.94. The molecule has 1 unspecified atom stereocenters. The summed E-state index contributed by atoms with van der Waals surface area (Å²) in [5, 5.41) is 19.9. The lowest BCUT2D eigenvalue weighted by Gasteiger charge is -2.31. The molecule has 0 spiro atoms. The number of piperidine rings is 1. The summed E-state index contributed by atoms with van der Waals surface area (Å²) < 4.78 is 33.1. The first-order valence-corrected chi connectivity index (χ1v) is 10.6. The second kappa shape index (κ2) is 11.0. The van der Waals surface area contributed by atoms with Crippen LogP contribution < -0.4 is 16.3 Å². The quantitative estimate of drug-likeness (QED) is 0.444. The number of hydrogen-bond acceptors (Lipinski definition) is 5. The Labute approximate surface area is 192 Å². The SMILES string of the molecule is O=C(NCC(c1ccccc1)C1CCNCC1)c1ccc2n[nH]c(=O)n2c1.O=C(O)C(F)(F)F. The number of carboxylic acid groups (broad SMARTS) is 1. The molecule has 0 saturated carbocycles. The topological polar surface area (TPSA) is 129 Å². The molecule has 1 atom stereocenters. The van der Waals surface area contributed by atoms with Crippen LogP contribution in [0.5, 0.6) is 0 Å². The van der Waals surface area contributed by atoms with Crippen LogP contribution in [0.15, 0.2) is 53.5 Å². The number of carboxylic acids is 1. The maximum atomic E-state index is 12.7. The van der Waals surface area contributed by atoms with Crippen LogP contribution in [0.25, 0.3) is 5.65 Å². The normalized spacial score (nSPS) is 15.3. The molecule has 4 N–H and O–H groups in total. The van der Waals surface area contributed by atoms with Gasteiger partial charge in [0.2, 0.25) is 0 Å². The van der Waals surface area contributed by atoms with E-state index in [9.17, 15) is 22.8 Å². The van der Waals surface area contributed by atoms with Crippen molar-refractivity contribution in [1.82, 2.24) is 25.2 Å². The van der Waals surface area contributed by atoms with Gasteiger partial charge in [0.25, 0.3) is 5.91 Å². The highest BCUT2D eigenvalue weighted by atomic mass is 19.4. The van der Waals surface area contributed by atoms with Crippen molar-refractivity contribution in [3.63, 3.8) is 0 Å². The van der Waals surface area contributed by atoms with Crippen molar-refractivity contribution in [1.29, 1.82) is 0 Å². The molecule has 2 aromatic heterocycles. The molecule has 1 amide bonds. The van der Waals surface area contributed by atoms with Crippen molar-refractivity contribution in [2.24, 2.45) is 5.92 Å². The second-order valence-corrected chi connectivity index (χ2v) is 7.79. The van der Waals surface area contributed by atoms with E-state index in [1.807, 2.05) is 18.2 Å². The standard InChI is InChI=1S/C20H23N5O2.C2HF3O2/c26-19(16-6-7-18-23-24-20(27)25(18)13-16)22-12-17(14-4-2-1-3-5-14)15-8-10-21-11-9-15;3-2(4,5)1(6)7/h1-7,13,15,17,21H,8-12H2,(H,22,26)(H,24,27);(H,6,7). The molecule has 1 aromatic carbocycles. The number of rotatable bonds is 5. The van der Waals surface area contributed by atoms with Gasteiger partial charge < -0.3 is 15.7 Å². The van der Waals surface area contributed by atoms with Gasteiger partial charge in [-0.3, -0.25) is 4.79 Å². The van der Waals surface area contributed by atoms with Crippen molar-refractivity contribution in [2.75, 3.05) is 19.6 Å². The summed E-state index contributed by atoms with van der Waals surface area (Å²) in [6.45, 7) is 2.61. The molecule has 0 radical (unpaired) electrons. The van der Waals surface area contributed by atoms with E-state index in [-0.39, 0.29) is 17.5 Å². The maximum Gasteiger partial charge on any atom is 0.490 e. The molecule has 3 heterocycles. The largest absolute Gasteiger partial charge is 0.490 e. The fraction of sp³-hybridized carbons (Fsp3) is 0.364. The van der Waals surface area contributed by atoms with Crippen molar-refractivity contribution < 1.29 is 27.9 Å². The van der Waals surface area contributed by atoms with Gasteiger partial charge in [0.1, 0.15) is 0 Å². The Morgan fingerprint density at radius 1 is 1.15 bits per heavy atom. The first-order valence-electron chi connectivity index (χ1n) is 10.6. The van der Waals surface area contributed by atoms with Gasteiger partial charge in [-0.25, -0.2) is 19.1 Å². The monoisotopic (exact) mass is 479 g/mol. The van der Waals surface area contributed by atoms with E-state index in [1.54, 1.807) is 12.1 Å². The molecule has 1 aliphatic heterocycles. The number of aromatic amines is 1. The van der Waals surface area contributed by atoms with Crippen molar-refractivity contribution in [3.05, 3.63) is 70.3 Å². The van der Waals surface area contributed by atoms with E-state index in [0.29, 0.717) is 23.7 Å². The number of halogens is 3. The molecular formula is C22H24F3N5O4. The van der Waals surface area contributed by atoms with Gasteiger partial charge in [0, 0.05) is 18.7 Å². The summed E-state index contributed by atoms with van der Waals surface area (Å²) in [5.74, 6) is -2.13. The number of amides is 1. The molecule has 12 heteroatoms. The highest BCUT2D eigenvalue weighted by Crippen LogP contribution is 2.30. The smallest absolute Gasteiger partial charge is 0.475 e. The van der Waals surface area contributed by atoms with Crippen LogP contribution in [0.1, 0.15) is 34.7 Å². The van der Waals surface area contributed by atoms with E-state index in [0.717, 1.165) is 25.9 Å². The molecule has 0 aliphatic carbocycles. The number of benzene rings is 1. The van der Waals surface area contributed by atoms with Crippen LogP contribution in [-0.4, -0.2) is 57.4 Å². The predicted octanol–water partition coefficient (Wildman–Crippen LogP) is 2.17. The maximum absolute atomic E-state index is 12.7. The Bertz CT molecular complexity index is 1170. The number of fused-ring (bicyclic) bond motifs is 1. The molecule has 1 fully saturated rings. The first kappa shape index (κ1) is 25.0. The number of carbonyl (C=O) groups excluding carboxylic acids is 1. The first-order chi connectivity index (χ1) is 16.2. The van der Waals surface area contributed by atoms with E-state index in [4.69, 9.17) is 9.90 Å². The summed E-state index contributed by atoms with van der Waals surface area (Å²) in [4.78, 5) is 33.3. The summed E-state index contributed by atoms with van der Waals surface area (Å²) in [7, 11) is 0. The third-order valence-electron chi connectivity index (χ3n) is 5.58. The van der Waals surface area contributed by atoms with Gasteiger partial charge >= 0.3 is 17.8 Å². The van der Waals surface area contributed by atoms with Crippen LogP contribution >= 0.6 is 0 Å². The lowest BCUT2D eigenvalue weighted by Crippen LogP contribution is -2.36. The average molecular weight is 479 g/mol. The zero-order valence-corrected chi connectivity index (χ0v) is 18.0. The van der Waals surface area contributed by atoms with Crippen LogP contribution in [0, 0.1) is 5.92 Å². The Morgan fingerprint density at radius 2 is 1.79 bits per heavy atom. The molecule has 34 heavy (non-hydrogen) atoms. The minimum atomic E-state index is -5.08. The van der Waals surface area contributed by atoms with Crippen LogP contribution in [0.3, 0.4) is 0 Å². The minimum Gasteiger partial charge on any atom is -0.475 e. The molecule has 3 aromatic rings. The summed E-state index contributed by atoms with van der Waals surface area (Å²) >= 11 is 0. The third-order valence-corrected chi connectivity index (χ3v) is 5.58. The van der Waals surface area contributed by atoms with Crippen LogP contribution in [-0.2, 0) is 4.79 Å². The second-order valence-electron chi connectivity index (χ2n) is 7.79. The number of carbonyl (C=O) groups is 2. The number of H-pyrrole nitrogens is 1. The van der Waals surface area contributed by atoms with Gasteiger partial charge in [-0.15, -0.1) is 0 Å². The van der Waals surface area contributed by atoms with Crippen LogP contribution in [0.4, 0.5) is 13.2 Å². The summed E-state index contributed by atoms with van der Waals surface area (Å²) in [5.41, 5.74) is 1.85. The number of aromatic nitrogens is 3. The minimum absolute atomic E-state index is 0.181. The van der Waals surface area contributed by atoms with Crippen LogP contribution in [0.2, 0.25) is 0 Å². The Balaban J connectivity index is 0.000000406. The Hall–Kier alpha value is -3.67. The molecule has 0 bridgehead atoms. The van der Waals surface area contributed by atoms with Gasteiger partial charge in [0.15, 0.2) is 5.65 Å². The number of pyridine rings is 1. The highest BCUT2D eigenvalue weighted by Gasteiger charge is 2.38. The average Bonchev–Trinajstić information content (AvgIpc) is 3.20. The molecule has 1 aliphatic rings. The fourth-order valence-electron chi connectivity index (χ4n) is 3.85. The Morgan fingerprint density at radius 3 is 2.41 bits per heavy atom. The predicted molar refractivity (Wildman–Crippen MR) is 117 cm³/mol. The number of nitrogens with zero attached hydrogens (tertiary/aromatic N) is 2. The van der Waals surface area contributed by atoms with Gasteiger partial charge in [-0.2, -0.15) is 18.3 Å². The van der Waals surface area contributed by atoms with Gasteiger partial charge in [-0.1, -0.05) is 30.3 Å². The molecule has 4 rings (SSSR count). The number of nitrogens with one attached hydrogen (secondary N) is 3. The fourth-order valence-corrected chi connectivity index (χ4v) is 3.85. The van der Waals surface area contributed by atoms with E-state index < -0.39 is 12.1 Å². The molecular weight excluding hydrogens is 455 g/mol. The van der Waals surface area contributed by atoms with E-state index in [1.165, 1.54) is 16.2 Å². The van der Waals surface area contributed by atoms with Crippen molar-refractivity contribution >= 4 is 17.5 Å². The zero-order valence-electron chi connectivity index (χ0n) is 18.0. The number of hydrogen-bond donors (Lipinski definition) is 4. The van der Waals surface area contributed by atoms with Gasteiger partial charge in [-0.05, 0) is 49.5 Å². The molecule has 182 valence electrons. The molecule has 9 nitrogen and oxygen atoms in total. The number of alkyl halides is 3. The lowest BCUT2D eigenvalue weighted by molar-refractivity contribution is -0.192. The van der Waals surface area contributed by atoms with E-state index in [2.05, 4.69) is 33.0 Å². The number of aliphatic carboxylic acids is 1. The lowest BCUT2D eigenvalue weighted by atomic mass is 9.80. The van der Waals surface area contributed by atoms with Crippen molar-refractivity contribution in [3.8, 4) is 0 Å². The van der Waals surface area contributed by atoms with E-state index >= 15 is 0 Å². The summed E-state index contributed by atoms with van der Waals surface area (Å²) in [6, 6.07) is 13.7. The zero-order chi connectivity index (χ0) is 24.7. The third kappa shape index (κ3) is 6.44. The summed E-state index contributed by atoms with van der Waals surface area (Å²) in [6.07, 6.45) is -1.35. The van der Waals surface area contributed by atoms with Crippen molar-refractivity contribution in [2.45, 2.75) is 24.9 Å². The van der Waals surface area contributed by atoms with Gasteiger partial charge in [0.05, 0.1) is 5.56 Å².